The summed E-state index contributed by atoms with van der Waals surface area (Å²) in [4.78, 5) is 12.3. The molecule has 0 saturated heterocycles. The monoisotopic (exact) mass is 343 g/mol. The molecule has 0 unspecified atom stereocenters. The van der Waals surface area contributed by atoms with Crippen LogP contribution in [-0.4, -0.2) is 24.7 Å². The Labute approximate surface area is 119 Å². The van der Waals surface area contributed by atoms with Gasteiger partial charge in [-0.3, -0.25) is 4.79 Å². The van der Waals surface area contributed by atoms with E-state index in [0.29, 0.717) is 13.1 Å². The molecule has 0 atom stereocenters. The highest BCUT2D eigenvalue weighted by molar-refractivity contribution is 9.10. The fraction of sp³-hybridized carbons (Fsp3) is 0.273. The highest BCUT2D eigenvalue weighted by Gasteiger charge is 2.43. The molecule has 1 aromatic carbocycles. The molecule has 0 radical (unpaired) electrons. The Morgan fingerprint density at radius 3 is 2.53 bits per heavy atom. The summed E-state index contributed by atoms with van der Waals surface area (Å²) in [5, 5.41) is 9.08. The zero-order chi connectivity index (χ0) is 14.4. The molecule has 100 valence electrons. The molecule has 19 heavy (non-hydrogen) atoms. The van der Waals surface area contributed by atoms with E-state index in [1.807, 2.05) is 0 Å². The van der Waals surface area contributed by atoms with Gasteiger partial charge in [0.25, 0.3) is 5.91 Å². The third-order valence-corrected chi connectivity index (χ3v) is 4.96. The predicted octanol–water partition coefficient (Wildman–Crippen LogP) is 1.85. The molecule has 0 aliphatic carbocycles. The van der Waals surface area contributed by atoms with E-state index in [-0.39, 0.29) is 11.3 Å². The molecular formula is C11H10BrN3O3S. The van der Waals surface area contributed by atoms with Crippen LogP contribution in [0.4, 0.5) is 5.69 Å². The summed E-state index contributed by atoms with van der Waals surface area (Å²) < 4.78 is 26.4. The van der Waals surface area contributed by atoms with Gasteiger partial charge in [-0.1, -0.05) is 15.9 Å². The third kappa shape index (κ3) is 1.99. The Balaban J connectivity index is 2.78. The lowest BCUT2D eigenvalue weighted by atomic mass is 10.1. The molecule has 1 aliphatic rings. The largest absolute Gasteiger partial charge is 0.341 e. The molecular weight excluding hydrogens is 334 g/mol. The van der Waals surface area contributed by atoms with E-state index in [1.165, 1.54) is 12.1 Å². The number of amides is 1. The van der Waals surface area contributed by atoms with Crippen LogP contribution in [0.25, 0.3) is 0 Å². The molecule has 8 heteroatoms. The first-order valence-electron chi connectivity index (χ1n) is 5.39. The minimum absolute atomic E-state index is 0.0765. The summed E-state index contributed by atoms with van der Waals surface area (Å²) in [6.07, 6.45) is 1.61. The first kappa shape index (κ1) is 13.8. The molecule has 6 nitrogen and oxygen atoms in total. The molecule has 0 saturated carbocycles. The highest BCUT2D eigenvalue weighted by atomic mass is 79.9. The van der Waals surface area contributed by atoms with Crippen LogP contribution in [0.3, 0.4) is 0 Å². The zero-order valence-corrected chi connectivity index (χ0v) is 12.6. The lowest BCUT2D eigenvalue weighted by Crippen LogP contribution is -2.52. The van der Waals surface area contributed by atoms with E-state index < -0.39 is 22.2 Å². The summed E-state index contributed by atoms with van der Waals surface area (Å²) in [7, 11) is -4.15. The average molecular weight is 344 g/mol. The topological polar surface area (TPSA) is 81.5 Å². The molecule has 0 spiro atoms. The fourth-order valence-corrected chi connectivity index (χ4v) is 3.79. The number of halogens is 1. The van der Waals surface area contributed by atoms with Gasteiger partial charge in [0, 0.05) is 10.5 Å². The molecule has 1 amide bonds. The van der Waals surface area contributed by atoms with Gasteiger partial charge in [-0.05, 0) is 32.0 Å². The van der Waals surface area contributed by atoms with Gasteiger partial charge < -0.3 is 0 Å². The smallest absolute Gasteiger partial charge is 0.268 e. The number of nitrogens with zero attached hydrogens (tertiary/aromatic N) is 3. The van der Waals surface area contributed by atoms with Gasteiger partial charge in [-0.15, -0.1) is 0 Å². The third-order valence-electron chi connectivity index (χ3n) is 2.65. The molecule has 1 heterocycles. The van der Waals surface area contributed by atoms with Crippen LogP contribution >= 0.6 is 15.9 Å². The Hall–Kier alpha value is -1.59. The zero-order valence-electron chi connectivity index (χ0n) is 10.2. The quantitative estimate of drug-likeness (QED) is 0.728. The van der Waals surface area contributed by atoms with Crippen molar-refractivity contribution >= 4 is 37.7 Å². The number of anilines is 1. The second kappa shape index (κ2) is 4.51. The number of benzene rings is 1. The Bertz CT molecular complexity index is 694. The van der Waals surface area contributed by atoms with E-state index >= 15 is 0 Å². The van der Waals surface area contributed by atoms with Crippen molar-refractivity contribution in [2.45, 2.75) is 19.9 Å². The number of hydrogen-bond donors (Lipinski definition) is 0. The van der Waals surface area contributed by atoms with E-state index in [2.05, 4.69) is 15.9 Å². The Morgan fingerprint density at radius 1 is 1.37 bits per heavy atom. The van der Waals surface area contributed by atoms with Crippen molar-refractivity contribution in [1.29, 1.82) is 5.26 Å². The van der Waals surface area contributed by atoms with Crippen LogP contribution < -0.4 is 4.31 Å². The lowest BCUT2D eigenvalue weighted by Gasteiger charge is -2.34. The number of hydrogen-bond acceptors (Lipinski definition) is 4. The Kier molecular flexibility index (Phi) is 3.28. The number of nitriles is 1. The van der Waals surface area contributed by atoms with Gasteiger partial charge in [0.15, 0.2) is 0 Å². The first-order valence-corrected chi connectivity index (χ1v) is 7.58. The van der Waals surface area contributed by atoms with Gasteiger partial charge in [-0.2, -0.15) is 18.0 Å². The second-order valence-electron chi connectivity index (χ2n) is 4.23. The van der Waals surface area contributed by atoms with Crippen molar-refractivity contribution in [3.63, 3.8) is 0 Å². The van der Waals surface area contributed by atoms with Gasteiger partial charge in [0.2, 0.25) is 6.19 Å². The van der Waals surface area contributed by atoms with E-state index in [0.717, 1.165) is 0 Å². The summed E-state index contributed by atoms with van der Waals surface area (Å²) in [6.45, 7) is 3.15. The molecule has 0 fully saturated rings. The fourth-order valence-electron chi connectivity index (χ4n) is 1.90. The number of fused-ring (bicyclic) bond motifs is 1. The number of carbonyl (C=O) groups is 1. The number of carbonyl (C=O) groups excluding carboxylic acids is 1. The summed E-state index contributed by atoms with van der Waals surface area (Å²) in [5.74, 6) is -0.627. The van der Waals surface area contributed by atoms with Gasteiger partial charge >= 0.3 is 10.2 Å². The maximum Gasteiger partial charge on any atom is 0.341 e. The van der Waals surface area contributed by atoms with Gasteiger partial charge in [-0.25, -0.2) is 4.31 Å². The van der Waals surface area contributed by atoms with Crippen molar-refractivity contribution in [2.24, 2.45) is 0 Å². The van der Waals surface area contributed by atoms with Crippen molar-refractivity contribution in [1.82, 2.24) is 4.31 Å². The van der Waals surface area contributed by atoms with Crippen LogP contribution in [0.1, 0.15) is 24.2 Å². The summed E-state index contributed by atoms with van der Waals surface area (Å²) in [5.41, 5.74) is 0.257. The van der Waals surface area contributed by atoms with Crippen LogP contribution in [0.15, 0.2) is 22.7 Å². The lowest BCUT2D eigenvalue weighted by molar-refractivity contribution is 0.0832. The minimum atomic E-state index is -4.15. The van der Waals surface area contributed by atoms with E-state index in [1.54, 1.807) is 26.1 Å². The van der Waals surface area contributed by atoms with E-state index in [4.69, 9.17) is 5.26 Å². The second-order valence-corrected chi connectivity index (χ2v) is 6.80. The van der Waals surface area contributed by atoms with E-state index in [9.17, 15) is 13.2 Å². The van der Waals surface area contributed by atoms with Crippen molar-refractivity contribution in [3.05, 3.63) is 28.2 Å². The maximum atomic E-state index is 12.3. The standard InChI is InChI=1S/C11H10BrN3O3S/c1-7(2)15-11(16)9-5-8(12)3-4-10(9)14(6-13)19(15,17)18/h3-5,7H,1-2H3. The molecule has 1 aliphatic heterocycles. The van der Waals surface area contributed by atoms with Crippen LogP contribution in [0.2, 0.25) is 0 Å². The molecule has 0 aromatic heterocycles. The molecule has 0 N–H and O–H groups in total. The average Bonchev–Trinajstić information content (AvgIpc) is 2.29. The van der Waals surface area contributed by atoms with Crippen LogP contribution in [0, 0.1) is 11.5 Å². The molecule has 1 aromatic rings. The van der Waals surface area contributed by atoms with Crippen LogP contribution in [0.5, 0.6) is 0 Å². The Morgan fingerprint density at radius 2 is 2.00 bits per heavy atom. The van der Waals surface area contributed by atoms with Gasteiger partial charge in [0.05, 0.1) is 11.3 Å². The van der Waals surface area contributed by atoms with Crippen molar-refractivity contribution in [3.8, 4) is 6.19 Å². The van der Waals surface area contributed by atoms with Crippen molar-refractivity contribution in [2.75, 3.05) is 4.31 Å². The predicted molar refractivity (Wildman–Crippen MR) is 72.5 cm³/mol. The highest BCUT2D eigenvalue weighted by Crippen LogP contribution is 2.34. The van der Waals surface area contributed by atoms with Gasteiger partial charge in [0.1, 0.15) is 0 Å². The normalized spacial score (nSPS) is 17.3. The van der Waals surface area contributed by atoms with Crippen LogP contribution in [-0.2, 0) is 10.2 Å². The SMILES string of the molecule is CC(C)N1C(=O)c2cc(Br)ccc2N(C#N)S1(=O)=O. The summed E-state index contributed by atoms with van der Waals surface area (Å²) in [6, 6.07) is 3.94. The molecule has 2 rings (SSSR count). The maximum absolute atomic E-state index is 12.3. The molecule has 0 bridgehead atoms. The first-order chi connectivity index (χ1) is 8.80. The van der Waals surface area contributed by atoms with Crippen molar-refractivity contribution < 1.29 is 13.2 Å². The minimum Gasteiger partial charge on any atom is -0.268 e. The summed E-state index contributed by atoms with van der Waals surface area (Å²) >= 11 is 3.22. The number of rotatable bonds is 1.